The summed E-state index contributed by atoms with van der Waals surface area (Å²) in [5, 5.41) is 8.44. The molecular weight excluding hydrogens is 170 g/mol. The predicted octanol–water partition coefficient (Wildman–Crippen LogP) is 1.56. The highest BCUT2D eigenvalue weighted by Gasteiger charge is 2.08. The van der Waals surface area contributed by atoms with Crippen LogP contribution in [-0.2, 0) is 17.6 Å². The zero-order valence-corrected chi connectivity index (χ0v) is 7.83. The van der Waals surface area contributed by atoms with Gasteiger partial charge in [-0.15, -0.1) is 0 Å². The van der Waals surface area contributed by atoms with Crippen LogP contribution in [0.3, 0.4) is 0 Å². The minimum absolute atomic E-state index is 0.0725. The summed E-state index contributed by atoms with van der Waals surface area (Å²) in [5.74, 6) is 0.494. The SMILES string of the molecule is CCc1nc(CCC(=O)O)oc1C. The molecule has 0 unspecified atom stereocenters. The summed E-state index contributed by atoms with van der Waals surface area (Å²) in [6.45, 7) is 3.84. The summed E-state index contributed by atoms with van der Waals surface area (Å²) in [5.41, 5.74) is 0.917. The van der Waals surface area contributed by atoms with Crippen molar-refractivity contribution in [3.05, 3.63) is 17.3 Å². The van der Waals surface area contributed by atoms with E-state index in [-0.39, 0.29) is 6.42 Å². The standard InChI is InChI=1S/C9H13NO3/c1-3-7-6(2)13-8(10-7)4-5-9(11)12/h3-5H2,1-2H3,(H,11,12). The first-order valence-corrected chi connectivity index (χ1v) is 4.30. The van der Waals surface area contributed by atoms with Crippen LogP contribution in [0.5, 0.6) is 0 Å². The lowest BCUT2D eigenvalue weighted by molar-refractivity contribution is -0.137. The van der Waals surface area contributed by atoms with Crippen molar-refractivity contribution in [1.82, 2.24) is 4.98 Å². The lowest BCUT2D eigenvalue weighted by atomic mass is 10.3. The lowest BCUT2D eigenvalue weighted by Gasteiger charge is -1.88. The summed E-state index contributed by atoms with van der Waals surface area (Å²) in [6, 6.07) is 0. The summed E-state index contributed by atoms with van der Waals surface area (Å²) in [4.78, 5) is 14.4. The van der Waals surface area contributed by atoms with Gasteiger partial charge >= 0.3 is 5.97 Å². The number of rotatable bonds is 4. The Kier molecular flexibility index (Phi) is 3.06. The molecule has 1 heterocycles. The molecular formula is C9H13NO3. The number of aryl methyl sites for hydroxylation is 3. The number of carbonyl (C=O) groups is 1. The first kappa shape index (κ1) is 9.77. The Labute approximate surface area is 76.6 Å². The molecule has 0 fully saturated rings. The molecule has 72 valence electrons. The molecule has 13 heavy (non-hydrogen) atoms. The molecule has 1 rings (SSSR count). The van der Waals surface area contributed by atoms with Crippen LogP contribution in [0.4, 0.5) is 0 Å². The predicted molar refractivity (Wildman–Crippen MR) is 46.6 cm³/mol. The number of aliphatic carboxylic acids is 1. The highest BCUT2D eigenvalue weighted by molar-refractivity contribution is 5.66. The van der Waals surface area contributed by atoms with Gasteiger partial charge in [0.25, 0.3) is 0 Å². The Morgan fingerprint density at radius 3 is 2.77 bits per heavy atom. The second-order valence-electron chi connectivity index (χ2n) is 2.86. The maximum atomic E-state index is 10.3. The first-order chi connectivity index (χ1) is 6.13. The van der Waals surface area contributed by atoms with Gasteiger partial charge in [-0.25, -0.2) is 4.98 Å². The lowest BCUT2D eigenvalue weighted by Crippen LogP contribution is -1.97. The summed E-state index contributed by atoms with van der Waals surface area (Å²) < 4.78 is 5.28. The van der Waals surface area contributed by atoms with Crippen molar-refractivity contribution in [2.24, 2.45) is 0 Å². The third kappa shape index (κ3) is 2.57. The van der Waals surface area contributed by atoms with Crippen LogP contribution >= 0.6 is 0 Å². The van der Waals surface area contributed by atoms with Crippen LogP contribution in [0.1, 0.15) is 30.7 Å². The average molecular weight is 183 g/mol. The Morgan fingerprint density at radius 2 is 2.31 bits per heavy atom. The number of oxazole rings is 1. The molecule has 0 bridgehead atoms. The zero-order chi connectivity index (χ0) is 9.84. The number of aromatic nitrogens is 1. The van der Waals surface area contributed by atoms with E-state index in [1.54, 1.807) is 0 Å². The second kappa shape index (κ2) is 4.07. The molecule has 0 atom stereocenters. The molecule has 1 aromatic rings. The van der Waals surface area contributed by atoms with Crippen LogP contribution in [-0.4, -0.2) is 16.1 Å². The van der Waals surface area contributed by atoms with Crippen LogP contribution in [0, 0.1) is 6.92 Å². The fourth-order valence-electron chi connectivity index (χ4n) is 1.14. The third-order valence-corrected chi connectivity index (χ3v) is 1.82. The van der Waals surface area contributed by atoms with Gasteiger partial charge in [0.15, 0.2) is 5.89 Å². The molecule has 0 spiro atoms. The Morgan fingerprint density at radius 1 is 1.62 bits per heavy atom. The van der Waals surface area contributed by atoms with Gasteiger partial charge in [0.05, 0.1) is 12.1 Å². The number of hydrogen-bond acceptors (Lipinski definition) is 3. The van der Waals surface area contributed by atoms with Crippen LogP contribution < -0.4 is 0 Å². The molecule has 0 aliphatic heterocycles. The largest absolute Gasteiger partial charge is 0.481 e. The number of carboxylic acids is 1. The maximum Gasteiger partial charge on any atom is 0.303 e. The number of nitrogens with zero attached hydrogens (tertiary/aromatic N) is 1. The van der Waals surface area contributed by atoms with E-state index in [9.17, 15) is 4.79 Å². The topological polar surface area (TPSA) is 63.3 Å². The van der Waals surface area contributed by atoms with Gasteiger partial charge in [0.2, 0.25) is 0 Å². The van der Waals surface area contributed by atoms with E-state index in [2.05, 4.69) is 4.98 Å². The van der Waals surface area contributed by atoms with Crippen molar-refractivity contribution in [3.63, 3.8) is 0 Å². The van der Waals surface area contributed by atoms with Crippen molar-refractivity contribution >= 4 is 5.97 Å². The molecule has 4 nitrogen and oxygen atoms in total. The average Bonchev–Trinajstić information content (AvgIpc) is 2.43. The van der Waals surface area contributed by atoms with Gasteiger partial charge in [0.1, 0.15) is 5.76 Å². The number of carboxylic acid groups (broad SMARTS) is 1. The highest BCUT2D eigenvalue weighted by atomic mass is 16.4. The van der Waals surface area contributed by atoms with Crippen molar-refractivity contribution < 1.29 is 14.3 Å². The van der Waals surface area contributed by atoms with Gasteiger partial charge in [-0.1, -0.05) is 6.92 Å². The van der Waals surface area contributed by atoms with E-state index in [1.165, 1.54) is 0 Å². The fraction of sp³-hybridized carbons (Fsp3) is 0.556. The van der Waals surface area contributed by atoms with Gasteiger partial charge < -0.3 is 9.52 Å². The molecule has 0 amide bonds. The molecule has 0 aliphatic carbocycles. The Hall–Kier alpha value is -1.32. The molecule has 0 saturated carbocycles. The van der Waals surface area contributed by atoms with E-state index < -0.39 is 5.97 Å². The molecule has 0 radical (unpaired) electrons. The van der Waals surface area contributed by atoms with E-state index in [0.717, 1.165) is 17.9 Å². The highest BCUT2D eigenvalue weighted by Crippen LogP contribution is 2.11. The van der Waals surface area contributed by atoms with Crippen LogP contribution in [0.25, 0.3) is 0 Å². The van der Waals surface area contributed by atoms with Gasteiger partial charge in [-0.05, 0) is 13.3 Å². The van der Waals surface area contributed by atoms with E-state index >= 15 is 0 Å². The summed E-state index contributed by atoms with van der Waals surface area (Å²) >= 11 is 0. The molecule has 1 aromatic heterocycles. The van der Waals surface area contributed by atoms with Crippen molar-refractivity contribution in [3.8, 4) is 0 Å². The number of hydrogen-bond donors (Lipinski definition) is 1. The van der Waals surface area contributed by atoms with Crippen molar-refractivity contribution in [2.75, 3.05) is 0 Å². The Balaban J connectivity index is 2.62. The minimum Gasteiger partial charge on any atom is -0.481 e. The second-order valence-corrected chi connectivity index (χ2v) is 2.86. The Bertz CT molecular complexity index is 304. The maximum absolute atomic E-state index is 10.3. The smallest absolute Gasteiger partial charge is 0.303 e. The molecule has 0 aliphatic rings. The van der Waals surface area contributed by atoms with Crippen LogP contribution in [0.2, 0.25) is 0 Å². The summed E-state index contributed by atoms with van der Waals surface area (Å²) in [6.07, 6.45) is 1.27. The quantitative estimate of drug-likeness (QED) is 0.769. The molecule has 0 saturated heterocycles. The van der Waals surface area contributed by atoms with Gasteiger partial charge in [0, 0.05) is 6.42 Å². The van der Waals surface area contributed by atoms with Gasteiger partial charge in [-0.2, -0.15) is 0 Å². The monoisotopic (exact) mass is 183 g/mol. The fourth-order valence-corrected chi connectivity index (χ4v) is 1.14. The van der Waals surface area contributed by atoms with E-state index in [1.807, 2.05) is 13.8 Å². The van der Waals surface area contributed by atoms with E-state index in [4.69, 9.17) is 9.52 Å². The van der Waals surface area contributed by atoms with Gasteiger partial charge in [-0.3, -0.25) is 4.79 Å². The zero-order valence-electron chi connectivity index (χ0n) is 7.83. The van der Waals surface area contributed by atoms with Crippen molar-refractivity contribution in [2.45, 2.75) is 33.1 Å². The third-order valence-electron chi connectivity index (χ3n) is 1.82. The van der Waals surface area contributed by atoms with Crippen LogP contribution in [0.15, 0.2) is 4.42 Å². The first-order valence-electron chi connectivity index (χ1n) is 4.30. The molecule has 0 aromatic carbocycles. The molecule has 1 N–H and O–H groups in total. The normalized spacial score (nSPS) is 10.3. The summed E-state index contributed by atoms with van der Waals surface area (Å²) in [7, 11) is 0. The minimum atomic E-state index is -0.825. The van der Waals surface area contributed by atoms with Crippen molar-refractivity contribution in [1.29, 1.82) is 0 Å². The van der Waals surface area contributed by atoms with E-state index in [0.29, 0.717) is 12.3 Å². The molecule has 4 heteroatoms.